The van der Waals surface area contributed by atoms with Gasteiger partial charge in [0, 0.05) is 45.7 Å². The van der Waals surface area contributed by atoms with Crippen molar-refractivity contribution in [2.75, 3.05) is 17.7 Å². The van der Waals surface area contributed by atoms with E-state index in [4.69, 9.17) is 39.4 Å². The number of thioether (sulfide) groups is 2. The number of hydrogen-bond donors (Lipinski definition) is 4. The Labute approximate surface area is 314 Å². The molecule has 0 aliphatic carbocycles. The molecule has 4 heterocycles. The van der Waals surface area contributed by atoms with Crippen LogP contribution in [0.4, 0.5) is 21.4 Å². The van der Waals surface area contributed by atoms with Crippen LogP contribution in [0.2, 0.25) is 10.0 Å². The fourth-order valence-corrected chi connectivity index (χ4v) is 8.47. The van der Waals surface area contributed by atoms with Crippen LogP contribution >= 0.6 is 69.8 Å². The summed E-state index contributed by atoms with van der Waals surface area (Å²) in [5.41, 5.74) is 15.5. The predicted octanol–water partition coefficient (Wildman–Crippen LogP) is 8.66. The van der Waals surface area contributed by atoms with Gasteiger partial charge in [-0.05, 0) is 70.6 Å². The van der Waals surface area contributed by atoms with Gasteiger partial charge >= 0.3 is 0 Å². The number of benzene rings is 2. The maximum atomic E-state index is 11.9. The van der Waals surface area contributed by atoms with Crippen LogP contribution < -0.4 is 26.8 Å². The third-order valence-corrected chi connectivity index (χ3v) is 11.0. The number of ether oxygens (including phenoxy) is 1. The van der Waals surface area contributed by atoms with Crippen LogP contribution in [-0.4, -0.2) is 37.6 Å². The molecule has 17 heteroatoms. The first kappa shape index (κ1) is 36.9. The fraction of sp³-hybridized carbons (Fsp3) is 0.0909. The van der Waals surface area contributed by atoms with Crippen LogP contribution in [0.5, 0.6) is 5.88 Å². The first-order valence-corrected chi connectivity index (χ1v) is 18.8. The fourth-order valence-electron chi connectivity index (χ4n) is 4.12. The Balaban J connectivity index is 0.000000195. The minimum atomic E-state index is -0.527. The van der Waals surface area contributed by atoms with Gasteiger partial charge in [-0.3, -0.25) is 14.6 Å². The highest BCUT2D eigenvalue weighted by Gasteiger charge is 2.21. The molecule has 0 atom stereocenters. The van der Waals surface area contributed by atoms with E-state index in [1.54, 1.807) is 50.0 Å². The molecule has 0 radical (unpaired) electrons. The monoisotopic (exact) mass is 782 g/mol. The molecule has 4 aromatic heterocycles. The van der Waals surface area contributed by atoms with Gasteiger partial charge in [0.25, 0.3) is 11.8 Å². The molecular formula is C33H28Cl2N8O3S4. The normalized spacial score (nSPS) is 10.5. The highest BCUT2D eigenvalue weighted by Crippen LogP contribution is 2.37. The average molecular weight is 784 g/mol. The van der Waals surface area contributed by atoms with Crippen molar-refractivity contribution in [1.29, 1.82) is 0 Å². The molecule has 6 rings (SSSR count). The zero-order valence-corrected chi connectivity index (χ0v) is 30.9. The van der Waals surface area contributed by atoms with Crippen molar-refractivity contribution in [1.82, 2.24) is 18.7 Å². The molecule has 50 heavy (non-hydrogen) atoms. The van der Waals surface area contributed by atoms with E-state index in [9.17, 15) is 9.59 Å². The average Bonchev–Trinajstić information content (AvgIpc) is 3.72. The van der Waals surface area contributed by atoms with E-state index >= 15 is 0 Å². The van der Waals surface area contributed by atoms with E-state index in [1.807, 2.05) is 48.5 Å². The van der Waals surface area contributed by atoms with Crippen LogP contribution in [0, 0.1) is 0 Å². The number of carbonyl (C=O) groups is 2. The molecule has 0 aliphatic rings. The number of carbonyl (C=O) groups excluding carboxylic acids is 2. The third-order valence-electron chi connectivity index (χ3n) is 6.57. The molecule has 0 unspecified atom stereocenters. The summed E-state index contributed by atoms with van der Waals surface area (Å²) in [5, 5.41) is 10.1. The SMILES string of the molecule is COc1ccc(Nc2snc(SCc3ccc(Cl)cc3)c2C(N)=O)cn1.NC(=O)c1c(SCc2ccccc2Cl)nsc1Nc1ccncc1. The van der Waals surface area contributed by atoms with E-state index in [0.717, 1.165) is 16.8 Å². The summed E-state index contributed by atoms with van der Waals surface area (Å²) in [6, 6.07) is 22.3. The maximum Gasteiger partial charge on any atom is 0.254 e. The van der Waals surface area contributed by atoms with Gasteiger partial charge in [0.05, 0.1) is 19.0 Å². The number of methoxy groups -OCH3 is 1. The molecule has 0 spiro atoms. The summed E-state index contributed by atoms with van der Waals surface area (Å²) in [4.78, 5) is 31.9. The number of primary amides is 2. The molecule has 0 saturated carbocycles. The number of hydrogen-bond acceptors (Lipinski definition) is 13. The molecule has 0 aliphatic heterocycles. The van der Waals surface area contributed by atoms with Crippen molar-refractivity contribution >= 4 is 103 Å². The summed E-state index contributed by atoms with van der Waals surface area (Å²) < 4.78 is 13.8. The lowest BCUT2D eigenvalue weighted by Crippen LogP contribution is -2.13. The van der Waals surface area contributed by atoms with Crippen LogP contribution in [0.1, 0.15) is 31.8 Å². The summed E-state index contributed by atoms with van der Waals surface area (Å²) in [6.45, 7) is 0. The second kappa shape index (κ2) is 18.0. The van der Waals surface area contributed by atoms with Crippen LogP contribution in [0.25, 0.3) is 0 Å². The summed E-state index contributed by atoms with van der Waals surface area (Å²) in [6.07, 6.45) is 4.95. The third kappa shape index (κ3) is 10.1. The van der Waals surface area contributed by atoms with Crippen molar-refractivity contribution in [2.24, 2.45) is 11.5 Å². The molecule has 0 saturated heterocycles. The smallest absolute Gasteiger partial charge is 0.254 e. The lowest BCUT2D eigenvalue weighted by Gasteiger charge is -2.06. The summed E-state index contributed by atoms with van der Waals surface area (Å²) >= 11 is 17.3. The number of nitrogens with one attached hydrogen (secondary N) is 2. The number of amides is 2. The second-order valence-corrected chi connectivity index (χ2v) is 14.3. The minimum Gasteiger partial charge on any atom is -0.481 e. The largest absolute Gasteiger partial charge is 0.481 e. The van der Waals surface area contributed by atoms with Gasteiger partial charge in [-0.2, -0.15) is 8.75 Å². The Kier molecular flexibility index (Phi) is 13.3. The van der Waals surface area contributed by atoms with Crippen molar-refractivity contribution in [3.05, 3.63) is 124 Å². The van der Waals surface area contributed by atoms with Gasteiger partial charge in [0.15, 0.2) is 0 Å². The van der Waals surface area contributed by atoms with Gasteiger partial charge in [-0.1, -0.05) is 77.1 Å². The Hall–Kier alpha value is -4.38. The number of anilines is 4. The molecule has 11 nitrogen and oxygen atoms in total. The van der Waals surface area contributed by atoms with Crippen LogP contribution in [0.15, 0.2) is 101 Å². The van der Waals surface area contributed by atoms with Crippen molar-refractivity contribution in [3.8, 4) is 5.88 Å². The maximum absolute atomic E-state index is 11.9. The Bertz CT molecular complexity index is 2050. The molecule has 0 bridgehead atoms. The predicted molar refractivity (Wildman–Crippen MR) is 205 cm³/mol. The quantitative estimate of drug-likeness (QED) is 0.0827. The van der Waals surface area contributed by atoms with Gasteiger partial charge in [-0.25, -0.2) is 4.98 Å². The van der Waals surface area contributed by atoms with Gasteiger partial charge in [-0.15, -0.1) is 0 Å². The number of nitrogens with two attached hydrogens (primary N) is 2. The number of aromatic nitrogens is 4. The zero-order chi connectivity index (χ0) is 35.5. The van der Waals surface area contributed by atoms with E-state index in [0.29, 0.717) is 64.3 Å². The first-order valence-electron chi connectivity index (χ1n) is 14.5. The van der Waals surface area contributed by atoms with Crippen molar-refractivity contribution in [2.45, 2.75) is 21.6 Å². The van der Waals surface area contributed by atoms with Gasteiger partial charge in [0.1, 0.15) is 31.2 Å². The lowest BCUT2D eigenvalue weighted by atomic mass is 10.2. The molecule has 2 aromatic carbocycles. The molecule has 6 N–H and O–H groups in total. The molecule has 2 amide bonds. The van der Waals surface area contributed by atoms with Crippen molar-refractivity contribution in [3.63, 3.8) is 0 Å². The molecule has 0 fully saturated rings. The first-order chi connectivity index (χ1) is 24.2. The molecule has 256 valence electrons. The Morgan fingerprint density at radius 3 is 1.94 bits per heavy atom. The summed E-state index contributed by atoms with van der Waals surface area (Å²) in [7, 11) is 1.55. The minimum absolute atomic E-state index is 0.379. The highest BCUT2D eigenvalue weighted by atomic mass is 35.5. The van der Waals surface area contributed by atoms with Crippen LogP contribution in [-0.2, 0) is 11.5 Å². The topological polar surface area (TPSA) is 171 Å². The Morgan fingerprint density at radius 2 is 1.38 bits per heavy atom. The standard InChI is InChI=1S/C17H15ClN4O2S2.C16H13ClN4OS2/c1-24-13-7-6-12(8-20-13)21-16-14(15(19)23)17(22-26-16)25-9-10-2-4-11(18)5-3-10;17-12-4-2-1-3-10(12)9-23-16-13(14(18)22)15(24-21-16)20-11-5-7-19-8-6-11/h2-8,21H,9H2,1H3,(H2,19,23);1-8H,9H2,(H2,18,22)(H,19,20). The highest BCUT2D eigenvalue weighted by molar-refractivity contribution is 7.98. The Morgan fingerprint density at radius 1 is 0.780 bits per heavy atom. The number of pyridine rings is 2. The van der Waals surface area contributed by atoms with E-state index in [1.165, 1.54) is 46.6 Å². The van der Waals surface area contributed by atoms with E-state index in [-0.39, 0.29) is 0 Å². The number of rotatable bonds is 13. The van der Waals surface area contributed by atoms with Crippen molar-refractivity contribution < 1.29 is 14.3 Å². The summed E-state index contributed by atoms with van der Waals surface area (Å²) in [5.74, 6) is 0.737. The van der Waals surface area contributed by atoms with E-state index in [2.05, 4.69) is 29.3 Å². The zero-order valence-electron chi connectivity index (χ0n) is 26.1. The molecule has 6 aromatic rings. The lowest BCUT2D eigenvalue weighted by molar-refractivity contribution is 0.0990. The number of halogens is 2. The number of nitrogens with zero attached hydrogens (tertiary/aromatic N) is 4. The van der Waals surface area contributed by atoms with E-state index < -0.39 is 11.8 Å². The molecular weight excluding hydrogens is 756 g/mol. The van der Waals surface area contributed by atoms with Crippen LogP contribution in [0.3, 0.4) is 0 Å². The second-order valence-electron chi connectivity index (χ2n) is 9.98. The van der Waals surface area contributed by atoms with Gasteiger partial charge in [0.2, 0.25) is 5.88 Å². The van der Waals surface area contributed by atoms with Gasteiger partial charge < -0.3 is 26.8 Å².